The molecule has 0 aliphatic carbocycles. The lowest BCUT2D eigenvalue weighted by Crippen LogP contribution is -2.60. The summed E-state index contributed by atoms with van der Waals surface area (Å²) in [7, 11) is 2.89. The second-order valence-corrected chi connectivity index (χ2v) is 8.02. The van der Waals surface area contributed by atoms with Crippen LogP contribution >= 0.6 is 12.2 Å². The Morgan fingerprint density at radius 3 is 2.61 bits per heavy atom. The van der Waals surface area contributed by atoms with Gasteiger partial charge in [0.25, 0.3) is 10.5 Å². The van der Waals surface area contributed by atoms with Crippen LogP contribution in [0.25, 0.3) is 11.1 Å². The van der Waals surface area contributed by atoms with E-state index in [0.29, 0.717) is 22.4 Å². The van der Waals surface area contributed by atoms with E-state index in [9.17, 15) is 15.2 Å². The third kappa shape index (κ3) is 3.32. The highest BCUT2D eigenvalue weighted by atomic mass is 32.1. The Bertz CT molecular complexity index is 1220. The van der Waals surface area contributed by atoms with Gasteiger partial charge in [0.2, 0.25) is 0 Å². The number of nitro benzene ring substituents is 1. The molecule has 2 aromatic carbocycles. The molecule has 2 heterocycles. The summed E-state index contributed by atoms with van der Waals surface area (Å²) in [6.07, 6.45) is -2.18. The molecule has 0 saturated carbocycles. The highest BCUT2D eigenvalue weighted by Gasteiger charge is 2.53. The lowest BCUT2D eigenvalue weighted by atomic mass is 9.84. The first-order chi connectivity index (χ1) is 14.7. The zero-order chi connectivity index (χ0) is 22.5. The number of hydrogen-bond acceptors (Lipinski definition) is 8. The maximum atomic E-state index is 11.6. The van der Waals surface area contributed by atoms with Gasteiger partial charge in [-0.2, -0.15) is 0 Å². The maximum absolute atomic E-state index is 11.6. The Balaban J connectivity index is 2.03. The second kappa shape index (κ2) is 7.72. The molecule has 0 saturated heterocycles. The molecule has 31 heavy (non-hydrogen) atoms. The topological polar surface area (TPSA) is 109 Å². The van der Waals surface area contributed by atoms with Gasteiger partial charge in [0.15, 0.2) is 17.5 Å². The number of nitro groups is 1. The van der Waals surface area contributed by atoms with Crippen molar-refractivity contribution in [2.45, 2.75) is 37.9 Å². The van der Waals surface area contributed by atoms with Crippen molar-refractivity contribution in [3.8, 4) is 5.75 Å². The Labute approximate surface area is 182 Å². The van der Waals surface area contributed by atoms with Crippen molar-refractivity contribution in [2.75, 3.05) is 14.2 Å². The third-order valence-electron chi connectivity index (χ3n) is 5.68. The largest absolute Gasteiger partial charge is 0.479 e. The molecular weight excluding hydrogens is 424 g/mol. The molecule has 0 spiro atoms. The molecule has 1 aromatic heterocycles. The number of methoxy groups -OCH3 is 2. The van der Waals surface area contributed by atoms with E-state index in [2.05, 4.69) is 0 Å². The summed E-state index contributed by atoms with van der Waals surface area (Å²) in [5.41, 5.74) is 1.09. The molecular formula is C21H22N2O7S. The quantitative estimate of drug-likeness (QED) is 0.272. The summed E-state index contributed by atoms with van der Waals surface area (Å²) in [5.74, 6) is 0.353. The molecule has 4 rings (SSSR count). The smallest absolute Gasteiger partial charge is 0.270 e. The highest BCUT2D eigenvalue weighted by molar-refractivity contribution is 7.71. The van der Waals surface area contributed by atoms with E-state index in [1.807, 2.05) is 19.1 Å². The molecule has 3 aromatic rings. The van der Waals surface area contributed by atoms with Gasteiger partial charge in [0.05, 0.1) is 16.5 Å². The number of benzene rings is 2. The molecule has 0 amide bonds. The number of fused-ring (bicyclic) bond motifs is 2. The first-order valence-corrected chi connectivity index (χ1v) is 9.94. The predicted molar refractivity (Wildman–Crippen MR) is 114 cm³/mol. The number of aliphatic hydroxyl groups is 1. The number of ether oxygens (including phenoxy) is 3. The van der Waals surface area contributed by atoms with Gasteiger partial charge in [0, 0.05) is 31.9 Å². The van der Waals surface area contributed by atoms with Gasteiger partial charge in [0.1, 0.15) is 11.9 Å². The number of aryl methyl sites for hydroxylation is 1. The van der Waals surface area contributed by atoms with Crippen molar-refractivity contribution in [3.63, 3.8) is 0 Å². The number of aliphatic hydroxyl groups excluding tert-OH is 1. The second-order valence-electron chi connectivity index (χ2n) is 7.67. The highest BCUT2D eigenvalue weighted by Crippen LogP contribution is 2.46. The third-order valence-corrected chi connectivity index (χ3v) is 5.96. The van der Waals surface area contributed by atoms with Crippen molar-refractivity contribution < 1.29 is 28.7 Å². The zero-order valence-electron chi connectivity index (χ0n) is 17.4. The lowest BCUT2D eigenvalue weighted by molar-refractivity contribution is -0.385. The summed E-state index contributed by atoms with van der Waals surface area (Å²) in [5, 5.41) is 23.0. The molecule has 0 radical (unpaired) electrons. The van der Waals surface area contributed by atoms with E-state index in [1.165, 1.54) is 32.4 Å². The van der Waals surface area contributed by atoms with Gasteiger partial charge in [-0.05, 0) is 49.8 Å². The van der Waals surface area contributed by atoms with Crippen molar-refractivity contribution in [3.05, 3.63) is 62.5 Å². The van der Waals surface area contributed by atoms with Crippen molar-refractivity contribution in [2.24, 2.45) is 0 Å². The van der Waals surface area contributed by atoms with Crippen LogP contribution in [0.2, 0.25) is 0 Å². The molecule has 0 fully saturated rings. The Hall–Kier alpha value is -2.79. The van der Waals surface area contributed by atoms with E-state index in [4.69, 9.17) is 30.8 Å². The number of non-ortho nitro benzene ring substituents is 1. The van der Waals surface area contributed by atoms with Crippen molar-refractivity contribution >= 4 is 29.0 Å². The Kier molecular flexibility index (Phi) is 5.34. The number of nitrogens with zero attached hydrogens (tertiary/aromatic N) is 2. The van der Waals surface area contributed by atoms with Crippen LogP contribution in [-0.2, 0) is 9.47 Å². The Morgan fingerprint density at radius 1 is 1.26 bits per heavy atom. The monoisotopic (exact) mass is 446 g/mol. The average molecular weight is 446 g/mol. The molecule has 9 nitrogen and oxygen atoms in total. The minimum absolute atomic E-state index is 0.123. The van der Waals surface area contributed by atoms with E-state index in [-0.39, 0.29) is 10.5 Å². The summed E-state index contributed by atoms with van der Waals surface area (Å²) in [6.45, 7) is 3.58. The fraction of sp³-hybridized carbons (Fsp3) is 0.381. The van der Waals surface area contributed by atoms with Crippen LogP contribution in [0.5, 0.6) is 5.75 Å². The molecule has 10 heteroatoms. The number of oxazole rings is 1. The summed E-state index contributed by atoms with van der Waals surface area (Å²) in [4.78, 5) is 11.1. The van der Waals surface area contributed by atoms with Crippen molar-refractivity contribution in [1.82, 2.24) is 4.57 Å². The summed E-state index contributed by atoms with van der Waals surface area (Å²) in [6, 6.07) is 8.95. The molecule has 0 bridgehead atoms. The first kappa shape index (κ1) is 21.4. The van der Waals surface area contributed by atoms with Crippen LogP contribution in [-0.4, -0.2) is 46.8 Å². The molecule has 1 N–H and O–H groups in total. The summed E-state index contributed by atoms with van der Waals surface area (Å²) < 4.78 is 24.4. The van der Waals surface area contributed by atoms with Crippen LogP contribution in [0.15, 0.2) is 40.8 Å². The zero-order valence-corrected chi connectivity index (χ0v) is 18.2. The molecule has 3 atom stereocenters. The predicted octanol–water partition coefficient (Wildman–Crippen LogP) is 3.90. The summed E-state index contributed by atoms with van der Waals surface area (Å²) >= 11 is 5.49. The van der Waals surface area contributed by atoms with E-state index < -0.39 is 29.0 Å². The van der Waals surface area contributed by atoms with Crippen LogP contribution in [0.4, 0.5) is 5.69 Å². The van der Waals surface area contributed by atoms with Gasteiger partial charge < -0.3 is 23.7 Å². The number of rotatable bonds is 5. The van der Waals surface area contributed by atoms with Crippen LogP contribution in [0.1, 0.15) is 24.1 Å². The van der Waals surface area contributed by atoms with Crippen LogP contribution < -0.4 is 4.74 Å². The standard InChI is InChI=1S/C21H22N2O7S/c1-11-5-7-16-14(9-11)22(20(31)29-16)17-13-10-12(23(25)26)6-8-15(13)30-21(2,18(17)24)19(27-3)28-4/h5-10,17-19,24H,1-4H3/t17-,18-,21-/m1/s1. The maximum Gasteiger partial charge on any atom is 0.270 e. The minimum Gasteiger partial charge on any atom is -0.479 e. The van der Waals surface area contributed by atoms with Gasteiger partial charge in [-0.15, -0.1) is 0 Å². The van der Waals surface area contributed by atoms with Crippen LogP contribution in [0, 0.1) is 21.9 Å². The molecule has 0 unspecified atom stereocenters. The first-order valence-electron chi connectivity index (χ1n) is 9.54. The van der Waals surface area contributed by atoms with Gasteiger partial charge in [-0.3, -0.25) is 14.7 Å². The molecule has 1 aliphatic heterocycles. The van der Waals surface area contributed by atoms with Crippen molar-refractivity contribution in [1.29, 1.82) is 0 Å². The lowest BCUT2D eigenvalue weighted by Gasteiger charge is -2.46. The molecule has 1 aliphatic rings. The SMILES string of the molecule is COC(OC)[C@]1(C)Oc2ccc([N+](=O)[O-])cc2[C@@H](n2c(=S)oc3ccc(C)cc32)[C@H]1O. The number of aromatic nitrogens is 1. The van der Waals surface area contributed by atoms with E-state index >= 15 is 0 Å². The Morgan fingerprint density at radius 2 is 1.97 bits per heavy atom. The van der Waals surface area contributed by atoms with E-state index in [0.717, 1.165) is 5.56 Å². The average Bonchev–Trinajstić information content (AvgIpc) is 3.04. The van der Waals surface area contributed by atoms with E-state index in [1.54, 1.807) is 17.6 Å². The fourth-order valence-electron chi connectivity index (χ4n) is 4.19. The van der Waals surface area contributed by atoms with Gasteiger partial charge >= 0.3 is 0 Å². The minimum atomic E-state index is -1.35. The van der Waals surface area contributed by atoms with Crippen LogP contribution in [0.3, 0.4) is 0 Å². The normalized spacial score (nSPS) is 23.0. The van der Waals surface area contributed by atoms with Gasteiger partial charge in [-0.1, -0.05) is 6.07 Å². The fourth-order valence-corrected chi connectivity index (χ4v) is 4.50. The number of hydrogen-bond donors (Lipinski definition) is 1. The molecule has 164 valence electrons. The van der Waals surface area contributed by atoms with Gasteiger partial charge in [-0.25, -0.2) is 0 Å².